The third-order valence-electron chi connectivity index (χ3n) is 4.24. The smallest absolute Gasteiger partial charge is 0.275 e. The molecule has 2 aliphatic rings. The number of carbonyl (C=O) groups is 3. The maximum atomic E-state index is 12.8. The van der Waals surface area contributed by atoms with Crippen molar-refractivity contribution in [1.29, 1.82) is 0 Å². The molecule has 0 radical (unpaired) electrons. The number of nitrogens with zero attached hydrogens (tertiary/aromatic N) is 2. The van der Waals surface area contributed by atoms with Gasteiger partial charge in [0, 0.05) is 17.6 Å². The molecule has 1 atom stereocenters. The molecule has 1 unspecified atom stereocenters. The number of carbonyl (C=O) groups excluding carboxylic acids is 3. The van der Waals surface area contributed by atoms with Crippen LogP contribution in [0.2, 0.25) is 0 Å². The Balaban J connectivity index is 1.68. The molecule has 2 fully saturated rings. The lowest BCUT2D eigenvalue weighted by Gasteiger charge is -2.31. The molecule has 9 nitrogen and oxygen atoms in total. The average molecular weight is 445 g/mol. The van der Waals surface area contributed by atoms with Crippen LogP contribution in [-0.2, 0) is 19.6 Å². The summed E-state index contributed by atoms with van der Waals surface area (Å²) in [7, 11) is -3.71. The van der Waals surface area contributed by atoms with Crippen LogP contribution in [0.4, 0.5) is 4.79 Å². The summed E-state index contributed by atoms with van der Waals surface area (Å²) in [5.41, 5.74) is 2.38. The van der Waals surface area contributed by atoms with E-state index in [9.17, 15) is 22.8 Å². The Hall–Kier alpha value is -1.98. The molecule has 1 aromatic carbocycles. The Bertz CT molecular complexity index is 842. The van der Waals surface area contributed by atoms with Crippen LogP contribution < -0.4 is 10.7 Å². The van der Waals surface area contributed by atoms with Gasteiger partial charge in [-0.2, -0.15) is 4.31 Å². The number of halogens is 1. The van der Waals surface area contributed by atoms with E-state index in [1.165, 1.54) is 16.4 Å². The fraction of sp³-hybridized carbons (Fsp3) is 0.400. The standard InChI is InChI=1S/C15H17BrN4O5S/c16-11-3-5-12(6-4-11)26(24,25)19-7-1-2-10(8-19)14(22)18-20-9-13(21)17-15(20)23/h3-6,10H,1-2,7-9H2,(H,18,22)(H,17,21,23). The summed E-state index contributed by atoms with van der Waals surface area (Å²) in [6.45, 7) is 0.0939. The van der Waals surface area contributed by atoms with E-state index < -0.39 is 33.8 Å². The lowest BCUT2D eigenvalue weighted by molar-refractivity contribution is -0.130. The molecular formula is C15H17BrN4O5S. The second kappa shape index (κ2) is 7.33. The second-order valence-corrected chi connectivity index (χ2v) is 8.93. The molecule has 2 aliphatic heterocycles. The number of hydrazine groups is 1. The van der Waals surface area contributed by atoms with Gasteiger partial charge in [0.1, 0.15) is 6.54 Å². The number of amides is 4. The maximum absolute atomic E-state index is 12.8. The van der Waals surface area contributed by atoms with Crippen LogP contribution in [0, 0.1) is 5.92 Å². The van der Waals surface area contributed by atoms with E-state index in [-0.39, 0.29) is 18.0 Å². The summed E-state index contributed by atoms with van der Waals surface area (Å²) in [6.07, 6.45) is 1.03. The molecule has 0 aliphatic carbocycles. The number of sulfonamides is 1. The highest BCUT2D eigenvalue weighted by molar-refractivity contribution is 9.10. The third kappa shape index (κ3) is 3.89. The molecule has 2 N–H and O–H groups in total. The van der Waals surface area contributed by atoms with Gasteiger partial charge in [-0.25, -0.2) is 18.2 Å². The van der Waals surface area contributed by atoms with Crippen molar-refractivity contribution in [3.63, 3.8) is 0 Å². The van der Waals surface area contributed by atoms with Crippen molar-refractivity contribution >= 4 is 43.8 Å². The first-order valence-electron chi connectivity index (χ1n) is 7.95. The quantitative estimate of drug-likeness (QED) is 0.653. The highest BCUT2D eigenvalue weighted by Crippen LogP contribution is 2.25. The molecule has 0 saturated carbocycles. The van der Waals surface area contributed by atoms with Crippen LogP contribution in [0.5, 0.6) is 0 Å². The summed E-state index contributed by atoms with van der Waals surface area (Å²) in [4.78, 5) is 35.2. The summed E-state index contributed by atoms with van der Waals surface area (Å²) in [6, 6.07) is 5.60. The predicted octanol–water partition coefficient (Wildman–Crippen LogP) is 0.433. The predicted molar refractivity (Wildman–Crippen MR) is 94.0 cm³/mol. The van der Waals surface area contributed by atoms with E-state index in [4.69, 9.17) is 0 Å². The minimum Gasteiger partial charge on any atom is -0.275 e. The first-order valence-corrected chi connectivity index (χ1v) is 10.2. The number of hydrogen-bond acceptors (Lipinski definition) is 5. The van der Waals surface area contributed by atoms with Gasteiger partial charge in [0.15, 0.2) is 0 Å². The van der Waals surface area contributed by atoms with Gasteiger partial charge in [-0.1, -0.05) is 15.9 Å². The van der Waals surface area contributed by atoms with Gasteiger partial charge in [0.05, 0.1) is 10.8 Å². The fourth-order valence-electron chi connectivity index (χ4n) is 2.89. The average Bonchev–Trinajstić information content (AvgIpc) is 2.92. The van der Waals surface area contributed by atoms with Gasteiger partial charge in [0.2, 0.25) is 21.8 Å². The normalized spacial score (nSPS) is 21.6. The van der Waals surface area contributed by atoms with Crippen molar-refractivity contribution in [1.82, 2.24) is 20.1 Å². The van der Waals surface area contributed by atoms with Gasteiger partial charge >= 0.3 is 6.03 Å². The third-order valence-corrected chi connectivity index (χ3v) is 6.65. The first kappa shape index (κ1) is 18.8. The van der Waals surface area contributed by atoms with E-state index in [1.54, 1.807) is 12.1 Å². The van der Waals surface area contributed by atoms with Gasteiger partial charge in [-0.3, -0.25) is 20.3 Å². The van der Waals surface area contributed by atoms with Crippen molar-refractivity contribution in [3.05, 3.63) is 28.7 Å². The van der Waals surface area contributed by atoms with Crippen molar-refractivity contribution < 1.29 is 22.8 Å². The molecule has 2 saturated heterocycles. The Morgan fingerprint density at radius 3 is 2.54 bits per heavy atom. The van der Waals surface area contributed by atoms with E-state index in [2.05, 4.69) is 26.7 Å². The molecule has 4 amide bonds. The SMILES string of the molecule is O=C1CN(NC(=O)C2CCCN(S(=O)(=O)c3ccc(Br)cc3)C2)C(=O)N1. The molecule has 0 bridgehead atoms. The van der Waals surface area contributed by atoms with Gasteiger partial charge in [0.25, 0.3) is 0 Å². The Kier molecular flexibility index (Phi) is 5.30. The van der Waals surface area contributed by atoms with Gasteiger partial charge in [-0.05, 0) is 37.1 Å². The van der Waals surface area contributed by atoms with E-state index in [0.29, 0.717) is 19.4 Å². The lowest BCUT2D eigenvalue weighted by Crippen LogP contribution is -2.51. The van der Waals surface area contributed by atoms with E-state index >= 15 is 0 Å². The zero-order valence-corrected chi connectivity index (χ0v) is 16.0. The number of imide groups is 1. The summed E-state index contributed by atoms with van der Waals surface area (Å²) in [5.74, 6) is -1.58. The number of hydrogen-bond donors (Lipinski definition) is 2. The molecule has 11 heteroatoms. The Morgan fingerprint density at radius 2 is 1.92 bits per heavy atom. The molecule has 26 heavy (non-hydrogen) atoms. The van der Waals surface area contributed by atoms with E-state index in [0.717, 1.165) is 9.48 Å². The minimum absolute atomic E-state index is 0.0215. The Labute approximate surface area is 158 Å². The van der Waals surface area contributed by atoms with E-state index in [1.807, 2.05) is 0 Å². The summed E-state index contributed by atoms with van der Waals surface area (Å²) < 4.78 is 27.6. The van der Waals surface area contributed by atoms with Crippen LogP contribution in [0.1, 0.15) is 12.8 Å². The van der Waals surface area contributed by atoms with Crippen LogP contribution in [0.25, 0.3) is 0 Å². The molecule has 140 valence electrons. The monoisotopic (exact) mass is 444 g/mol. The highest BCUT2D eigenvalue weighted by atomic mass is 79.9. The number of nitrogens with one attached hydrogen (secondary N) is 2. The zero-order valence-electron chi connectivity index (χ0n) is 13.6. The number of urea groups is 1. The van der Waals surface area contributed by atoms with Crippen LogP contribution in [-0.4, -0.2) is 55.2 Å². The van der Waals surface area contributed by atoms with Crippen LogP contribution in [0.15, 0.2) is 33.6 Å². The van der Waals surface area contributed by atoms with Gasteiger partial charge in [-0.15, -0.1) is 0 Å². The molecule has 2 heterocycles. The largest absolute Gasteiger partial charge is 0.343 e. The molecule has 3 rings (SSSR count). The van der Waals surface area contributed by atoms with Crippen LogP contribution in [0.3, 0.4) is 0 Å². The summed E-state index contributed by atoms with van der Waals surface area (Å²) >= 11 is 3.26. The van der Waals surface area contributed by atoms with Crippen molar-refractivity contribution in [2.75, 3.05) is 19.6 Å². The highest BCUT2D eigenvalue weighted by Gasteiger charge is 2.35. The van der Waals surface area contributed by atoms with Gasteiger partial charge < -0.3 is 0 Å². The number of benzene rings is 1. The van der Waals surface area contributed by atoms with Crippen molar-refractivity contribution in [2.45, 2.75) is 17.7 Å². The summed E-state index contributed by atoms with van der Waals surface area (Å²) in [5, 5.41) is 2.95. The fourth-order valence-corrected chi connectivity index (χ4v) is 4.67. The molecule has 0 aromatic heterocycles. The molecule has 0 spiro atoms. The minimum atomic E-state index is -3.71. The molecular weight excluding hydrogens is 428 g/mol. The topological polar surface area (TPSA) is 116 Å². The number of rotatable bonds is 4. The zero-order chi connectivity index (χ0) is 18.9. The second-order valence-electron chi connectivity index (χ2n) is 6.07. The lowest BCUT2D eigenvalue weighted by atomic mass is 9.99. The van der Waals surface area contributed by atoms with Crippen molar-refractivity contribution in [3.8, 4) is 0 Å². The first-order chi connectivity index (χ1) is 12.3. The maximum Gasteiger partial charge on any atom is 0.343 e. The van der Waals surface area contributed by atoms with Crippen molar-refractivity contribution in [2.24, 2.45) is 5.92 Å². The number of piperidine rings is 1. The Morgan fingerprint density at radius 1 is 1.23 bits per heavy atom. The van der Waals surface area contributed by atoms with Crippen LogP contribution >= 0.6 is 15.9 Å². The molecule has 1 aromatic rings.